The third-order valence-corrected chi connectivity index (χ3v) is 3.68. The first-order valence-corrected chi connectivity index (χ1v) is 5.86. The maximum Gasteiger partial charge on any atom is 0.231 e. The summed E-state index contributed by atoms with van der Waals surface area (Å²) in [7, 11) is 0. The van der Waals surface area contributed by atoms with Crippen LogP contribution in [0.1, 0.15) is 17.9 Å². The molecule has 1 saturated carbocycles. The molecular formula is C11H10Cl2O2. The van der Waals surface area contributed by atoms with Crippen molar-refractivity contribution in [2.24, 2.45) is 5.92 Å². The second-order valence-corrected chi connectivity index (χ2v) is 4.71. The number of alkyl halides is 1. The number of benzene rings is 1. The molecule has 1 aliphatic heterocycles. The van der Waals surface area contributed by atoms with Crippen molar-refractivity contribution >= 4 is 23.2 Å². The van der Waals surface area contributed by atoms with E-state index in [1.165, 1.54) is 5.56 Å². The maximum absolute atomic E-state index is 6.10. The van der Waals surface area contributed by atoms with Gasteiger partial charge in [0.1, 0.15) is 0 Å². The Balaban J connectivity index is 1.94. The van der Waals surface area contributed by atoms with Crippen LogP contribution in [0.15, 0.2) is 12.1 Å². The van der Waals surface area contributed by atoms with Gasteiger partial charge < -0.3 is 9.47 Å². The van der Waals surface area contributed by atoms with Gasteiger partial charge in [0.2, 0.25) is 6.79 Å². The molecule has 1 aromatic rings. The summed E-state index contributed by atoms with van der Waals surface area (Å²) in [4.78, 5) is 0. The lowest BCUT2D eigenvalue weighted by Gasteiger charge is -2.03. The highest BCUT2D eigenvalue weighted by Crippen LogP contribution is 2.51. The molecule has 2 unspecified atom stereocenters. The van der Waals surface area contributed by atoms with E-state index in [9.17, 15) is 0 Å². The van der Waals surface area contributed by atoms with E-state index in [1.807, 2.05) is 12.1 Å². The first-order valence-electron chi connectivity index (χ1n) is 4.94. The van der Waals surface area contributed by atoms with Gasteiger partial charge in [-0.15, -0.1) is 11.6 Å². The van der Waals surface area contributed by atoms with Gasteiger partial charge in [-0.05, 0) is 36.0 Å². The Morgan fingerprint density at radius 1 is 1.33 bits per heavy atom. The molecule has 80 valence electrons. The van der Waals surface area contributed by atoms with Gasteiger partial charge >= 0.3 is 0 Å². The lowest BCUT2D eigenvalue weighted by Crippen LogP contribution is -1.93. The molecule has 0 N–H and O–H groups in total. The predicted molar refractivity (Wildman–Crippen MR) is 59.1 cm³/mol. The van der Waals surface area contributed by atoms with Crippen molar-refractivity contribution in [2.75, 3.05) is 12.7 Å². The highest BCUT2D eigenvalue weighted by molar-refractivity contribution is 6.32. The van der Waals surface area contributed by atoms with Gasteiger partial charge in [0, 0.05) is 5.88 Å². The molecule has 0 radical (unpaired) electrons. The molecule has 3 rings (SSSR count). The average Bonchev–Trinajstić information content (AvgIpc) is 2.88. The van der Waals surface area contributed by atoms with E-state index in [4.69, 9.17) is 32.7 Å². The Morgan fingerprint density at radius 2 is 2.20 bits per heavy atom. The highest BCUT2D eigenvalue weighted by atomic mass is 35.5. The van der Waals surface area contributed by atoms with Crippen LogP contribution in [0, 0.1) is 5.92 Å². The van der Waals surface area contributed by atoms with Crippen molar-refractivity contribution in [1.29, 1.82) is 0 Å². The summed E-state index contributed by atoms with van der Waals surface area (Å²) < 4.78 is 10.6. The van der Waals surface area contributed by atoms with Gasteiger partial charge in [0.05, 0.1) is 5.02 Å². The van der Waals surface area contributed by atoms with E-state index in [2.05, 4.69) is 0 Å². The fourth-order valence-corrected chi connectivity index (χ4v) is 2.64. The van der Waals surface area contributed by atoms with Crippen molar-refractivity contribution in [3.8, 4) is 11.5 Å². The SMILES string of the molecule is ClCC1CC1c1cc(Cl)c2c(c1)OCO2. The van der Waals surface area contributed by atoms with E-state index in [1.54, 1.807) is 0 Å². The monoisotopic (exact) mass is 244 g/mol. The molecule has 4 heteroatoms. The van der Waals surface area contributed by atoms with E-state index < -0.39 is 0 Å². The quantitative estimate of drug-likeness (QED) is 0.743. The fraction of sp³-hybridized carbons (Fsp3) is 0.455. The molecule has 0 amide bonds. The molecule has 1 heterocycles. The lowest BCUT2D eigenvalue weighted by atomic mass is 10.1. The topological polar surface area (TPSA) is 18.5 Å². The third-order valence-electron chi connectivity index (χ3n) is 3.00. The second kappa shape index (κ2) is 3.46. The molecule has 2 atom stereocenters. The summed E-state index contributed by atoms with van der Waals surface area (Å²) in [5.74, 6) is 3.30. The van der Waals surface area contributed by atoms with Crippen LogP contribution in [0.5, 0.6) is 11.5 Å². The van der Waals surface area contributed by atoms with Crippen LogP contribution in [0.2, 0.25) is 5.02 Å². The van der Waals surface area contributed by atoms with E-state index in [0.29, 0.717) is 22.6 Å². The summed E-state index contributed by atoms with van der Waals surface area (Å²) in [6.07, 6.45) is 1.15. The molecule has 15 heavy (non-hydrogen) atoms. The molecule has 0 saturated heterocycles. The van der Waals surface area contributed by atoms with Gasteiger partial charge in [-0.1, -0.05) is 11.6 Å². The first-order chi connectivity index (χ1) is 7.29. The number of hydrogen-bond donors (Lipinski definition) is 0. The van der Waals surface area contributed by atoms with Crippen molar-refractivity contribution in [2.45, 2.75) is 12.3 Å². The standard InChI is InChI=1S/C11H10Cl2O2/c12-4-7-1-8(7)6-2-9(13)11-10(3-6)14-5-15-11/h2-3,7-8H,1,4-5H2. The van der Waals surface area contributed by atoms with E-state index >= 15 is 0 Å². The van der Waals surface area contributed by atoms with Gasteiger partial charge in [0.15, 0.2) is 11.5 Å². The van der Waals surface area contributed by atoms with Gasteiger partial charge in [-0.25, -0.2) is 0 Å². The van der Waals surface area contributed by atoms with Crippen LogP contribution in [0.25, 0.3) is 0 Å². The predicted octanol–water partition coefficient (Wildman–Crippen LogP) is 3.41. The molecular weight excluding hydrogens is 235 g/mol. The number of halogens is 2. The van der Waals surface area contributed by atoms with Gasteiger partial charge in [-0.3, -0.25) is 0 Å². The van der Waals surface area contributed by atoms with Crippen LogP contribution in [0.3, 0.4) is 0 Å². The zero-order valence-electron chi connectivity index (χ0n) is 8.00. The lowest BCUT2D eigenvalue weighted by molar-refractivity contribution is 0.174. The van der Waals surface area contributed by atoms with E-state index in [-0.39, 0.29) is 6.79 Å². The zero-order valence-corrected chi connectivity index (χ0v) is 9.52. The van der Waals surface area contributed by atoms with Crippen LogP contribution < -0.4 is 9.47 Å². The van der Waals surface area contributed by atoms with E-state index in [0.717, 1.165) is 18.1 Å². The molecule has 2 aliphatic rings. The minimum absolute atomic E-state index is 0.266. The van der Waals surface area contributed by atoms with Crippen molar-refractivity contribution in [3.63, 3.8) is 0 Å². The number of ether oxygens (including phenoxy) is 2. The van der Waals surface area contributed by atoms with Crippen molar-refractivity contribution < 1.29 is 9.47 Å². The van der Waals surface area contributed by atoms with Crippen LogP contribution in [0.4, 0.5) is 0 Å². The Bertz CT molecular complexity index is 406. The fourth-order valence-electron chi connectivity index (χ4n) is 2.03. The van der Waals surface area contributed by atoms with Crippen molar-refractivity contribution in [1.82, 2.24) is 0 Å². The Morgan fingerprint density at radius 3 is 2.93 bits per heavy atom. The minimum atomic E-state index is 0.266. The normalized spacial score (nSPS) is 26.8. The molecule has 1 aromatic carbocycles. The summed E-state index contributed by atoms with van der Waals surface area (Å²) >= 11 is 11.9. The summed E-state index contributed by atoms with van der Waals surface area (Å²) in [5, 5.41) is 0.639. The smallest absolute Gasteiger partial charge is 0.231 e. The average molecular weight is 245 g/mol. The third kappa shape index (κ3) is 1.56. The number of rotatable bonds is 2. The first kappa shape index (κ1) is 9.61. The molecule has 1 aliphatic carbocycles. The summed E-state index contributed by atoms with van der Waals surface area (Å²) in [6.45, 7) is 0.266. The number of fused-ring (bicyclic) bond motifs is 1. The second-order valence-electron chi connectivity index (χ2n) is 3.99. The number of hydrogen-bond acceptors (Lipinski definition) is 2. The molecule has 0 spiro atoms. The van der Waals surface area contributed by atoms with Crippen LogP contribution >= 0.6 is 23.2 Å². The molecule has 1 fully saturated rings. The Hall–Kier alpha value is -0.600. The Labute approximate surface area is 98.1 Å². The molecule has 0 bridgehead atoms. The summed E-state index contributed by atoms with van der Waals surface area (Å²) in [5.41, 5.74) is 1.22. The highest BCUT2D eigenvalue weighted by Gasteiger charge is 2.38. The zero-order chi connectivity index (χ0) is 10.4. The van der Waals surface area contributed by atoms with Gasteiger partial charge in [-0.2, -0.15) is 0 Å². The molecule has 2 nitrogen and oxygen atoms in total. The summed E-state index contributed by atoms with van der Waals surface area (Å²) in [6, 6.07) is 3.98. The minimum Gasteiger partial charge on any atom is -0.454 e. The van der Waals surface area contributed by atoms with Gasteiger partial charge in [0.25, 0.3) is 0 Å². The molecule has 0 aromatic heterocycles. The largest absolute Gasteiger partial charge is 0.454 e. The van der Waals surface area contributed by atoms with Crippen LogP contribution in [-0.4, -0.2) is 12.7 Å². The Kier molecular flexibility index (Phi) is 2.22. The van der Waals surface area contributed by atoms with Crippen LogP contribution in [-0.2, 0) is 0 Å². The van der Waals surface area contributed by atoms with Crippen molar-refractivity contribution in [3.05, 3.63) is 22.7 Å². The maximum atomic E-state index is 6.10.